The predicted octanol–water partition coefficient (Wildman–Crippen LogP) is 6.88. The third kappa shape index (κ3) is 5.01. The second-order valence-electron chi connectivity index (χ2n) is 6.96. The molecule has 0 unspecified atom stereocenters. The van der Waals surface area contributed by atoms with Crippen LogP contribution < -0.4 is 9.47 Å². The highest BCUT2D eigenvalue weighted by Gasteiger charge is 2.21. The summed E-state index contributed by atoms with van der Waals surface area (Å²) in [5.74, 6) is 1.75. The fourth-order valence-corrected chi connectivity index (χ4v) is 3.77. The smallest absolute Gasteiger partial charge is 0.127 e. The molecule has 0 saturated heterocycles. The summed E-state index contributed by atoms with van der Waals surface area (Å²) in [5.41, 5.74) is 4.41. The van der Waals surface area contributed by atoms with Crippen LogP contribution in [0.2, 0.25) is 0 Å². The first-order chi connectivity index (χ1) is 14.7. The summed E-state index contributed by atoms with van der Waals surface area (Å²) < 4.78 is 12.3. The zero-order valence-electron chi connectivity index (χ0n) is 17.9. The van der Waals surface area contributed by atoms with Crippen LogP contribution in [0.4, 0.5) is 0 Å². The molecule has 0 amide bonds. The Labute approximate surface area is 181 Å². The molecule has 0 fully saturated rings. The number of rotatable bonds is 14. The van der Waals surface area contributed by atoms with Crippen molar-refractivity contribution in [2.75, 3.05) is 13.2 Å². The number of hydrogen-bond donors (Lipinski definition) is 0. The van der Waals surface area contributed by atoms with Gasteiger partial charge >= 0.3 is 0 Å². The molecule has 0 aliphatic heterocycles. The molecular formula is C28H32O2. The Morgan fingerprint density at radius 1 is 0.567 bits per heavy atom. The highest BCUT2D eigenvalue weighted by atomic mass is 16.5. The van der Waals surface area contributed by atoms with Crippen LogP contribution in [0.15, 0.2) is 88.1 Å². The van der Waals surface area contributed by atoms with Gasteiger partial charge in [0.15, 0.2) is 0 Å². The number of hydrogen-bond acceptors (Lipinski definition) is 2. The largest absolute Gasteiger partial charge is 0.489 e. The van der Waals surface area contributed by atoms with Crippen molar-refractivity contribution in [1.29, 1.82) is 0 Å². The minimum Gasteiger partial charge on any atom is -0.489 e. The van der Waals surface area contributed by atoms with Crippen LogP contribution in [0, 0.1) is 0 Å². The second kappa shape index (κ2) is 11.7. The number of benzene rings is 2. The highest BCUT2D eigenvalue weighted by molar-refractivity contribution is 5.95. The monoisotopic (exact) mass is 400 g/mol. The number of fused-ring (bicyclic) bond motifs is 1. The lowest BCUT2D eigenvalue weighted by molar-refractivity contribution is 0.355. The molecule has 0 aliphatic carbocycles. The summed E-state index contributed by atoms with van der Waals surface area (Å²) in [4.78, 5) is 0. The van der Waals surface area contributed by atoms with E-state index < -0.39 is 0 Å². The van der Waals surface area contributed by atoms with Crippen molar-refractivity contribution in [2.45, 2.75) is 25.7 Å². The van der Waals surface area contributed by atoms with Crippen LogP contribution in [0.1, 0.15) is 22.3 Å². The predicted molar refractivity (Wildman–Crippen MR) is 131 cm³/mol. The normalized spacial score (nSPS) is 10.3. The summed E-state index contributed by atoms with van der Waals surface area (Å²) in [7, 11) is 0. The van der Waals surface area contributed by atoms with Crippen molar-refractivity contribution in [3.05, 3.63) is 110 Å². The standard InChI is InChI=1S/C28H32O2/c1-7-13-21-19-23-20-22(14-8-2)28(30-18-12-6)25(16-10-4)26(23)24(15-9-3)27(21)29-17-11-5/h7-12,19-20H,1-6,13-18H2. The molecule has 0 bridgehead atoms. The van der Waals surface area contributed by atoms with Crippen LogP contribution >= 0.6 is 0 Å². The highest BCUT2D eigenvalue weighted by Crippen LogP contribution is 2.41. The Kier molecular flexibility index (Phi) is 8.96. The van der Waals surface area contributed by atoms with Crippen LogP contribution in [0.3, 0.4) is 0 Å². The van der Waals surface area contributed by atoms with E-state index in [-0.39, 0.29) is 0 Å². The van der Waals surface area contributed by atoms with Crippen molar-refractivity contribution in [1.82, 2.24) is 0 Å². The third-order valence-corrected chi connectivity index (χ3v) is 4.80. The van der Waals surface area contributed by atoms with E-state index in [0.717, 1.165) is 57.4 Å². The van der Waals surface area contributed by atoms with Gasteiger partial charge < -0.3 is 9.47 Å². The Morgan fingerprint density at radius 2 is 0.967 bits per heavy atom. The molecule has 2 nitrogen and oxygen atoms in total. The number of ether oxygens (including phenoxy) is 2. The van der Waals surface area contributed by atoms with Crippen molar-refractivity contribution >= 4 is 10.8 Å². The van der Waals surface area contributed by atoms with E-state index in [0.29, 0.717) is 26.1 Å². The molecule has 0 atom stereocenters. The average Bonchev–Trinajstić information content (AvgIpc) is 2.73. The lowest BCUT2D eigenvalue weighted by Gasteiger charge is -2.22. The molecule has 2 aromatic carbocycles. The molecular weight excluding hydrogens is 368 g/mol. The van der Waals surface area contributed by atoms with Gasteiger partial charge in [0.1, 0.15) is 24.7 Å². The molecule has 2 heteroatoms. The molecule has 156 valence electrons. The molecule has 0 radical (unpaired) electrons. The van der Waals surface area contributed by atoms with Gasteiger partial charge in [0, 0.05) is 11.1 Å². The lowest BCUT2D eigenvalue weighted by atomic mass is 9.88. The zero-order chi connectivity index (χ0) is 21.9. The van der Waals surface area contributed by atoms with Gasteiger partial charge in [-0.3, -0.25) is 0 Å². The van der Waals surface area contributed by atoms with Crippen molar-refractivity contribution in [2.24, 2.45) is 0 Å². The summed E-state index contributed by atoms with van der Waals surface area (Å²) in [6, 6.07) is 4.39. The van der Waals surface area contributed by atoms with Crippen LogP contribution in [0.5, 0.6) is 11.5 Å². The van der Waals surface area contributed by atoms with Gasteiger partial charge in [-0.1, -0.05) is 49.6 Å². The molecule has 0 N–H and O–H groups in total. The maximum atomic E-state index is 6.15. The molecule has 0 aliphatic rings. The summed E-state index contributed by atoms with van der Waals surface area (Å²) in [5, 5.41) is 2.28. The third-order valence-electron chi connectivity index (χ3n) is 4.80. The van der Waals surface area contributed by atoms with Crippen LogP contribution in [-0.2, 0) is 25.7 Å². The van der Waals surface area contributed by atoms with Crippen LogP contribution in [-0.4, -0.2) is 13.2 Å². The van der Waals surface area contributed by atoms with E-state index in [1.165, 1.54) is 0 Å². The SMILES string of the molecule is C=CCOc1c(CC=C)cc2cc(CC=C)c(OCC=C)c(CC=C)c2c1CC=C. The first kappa shape index (κ1) is 23.0. The number of allylic oxidation sites excluding steroid dienone is 4. The summed E-state index contributed by atoms with van der Waals surface area (Å²) >= 11 is 0. The van der Waals surface area contributed by atoms with Crippen molar-refractivity contribution in [3.63, 3.8) is 0 Å². The molecule has 0 saturated carbocycles. The lowest BCUT2D eigenvalue weighted by Crippen LogP contribution is -2.07. The van der Waals surface area contributed by atoms with E-state index in [4.69, 9.17) is 9.47 Å². The molecule has 0 heterocycles. The Balaban J connectivity index is 3.00. The van der Waals surface area contributed by atoms with Crippen molar-refractivity contribution in [3.8, 4) is 11.5 Å². The van der Waals surface area contributed by atoms with Gasteiger partial charge in [-0.05, 0) is 59.7 Å². The van der Waals surface area contributed by atoms with E-state index >= 15 is 0 Å². The Hall–Kier alpha value is -3.26. The van der Waals surface area contributed by atoms with Gasteiger partial charge in [0.05, 0.1) is 0 Å². The first-order valence-electron chi connectivity index (χ1n) is 10.2. The fourth-order valence-electron chi connectivity index (χ4n) is 3.77. The maximum Gasteiger partial charge on any atom is 0.127 e. The Morgan fingerprint density at radius 3 is 1.30 bits per heavy atom. The minimum absolute atomic E-state index is 0.435. The van der Waals surface area contributed by atoms with E-state index in [9.17, 15) is 0 Å². The second-order valence-corrected chi connectivity index (χ2v) is 6.96. The quantitative estimate of drug-likeness (QED) is 0.322. The topological polar surface area (TPSA) is 18.5 Å². The van der Waals surface area contributed by atoms with E-state index in [1.54, 1.807) is 12.2 Å². The summed E-state index contributed by atoms with van der Waals surface area (Å²) in [6.45, 7) is 24.3. The minimum atomic E-state index is 0.435. The molecule has 0 spiro atoms. The van der Waals surface area contributed by atoms with E-state index in [2.05, 4.69) is 51.6 Å². The summed E-state index contributed by atoms with van der Waals surface area (Å²) in [6.07, 6.45) is 13.9. The molecule has 0 aromatic heterocycles. The van der Waals surface area contributed by atoms with Crippen molar-refractivity contribution < 1.29 is 9.47 Å². The van der Waals surface area contributed by atoms with Gasteiger partial charge in [0.2, 0.25) is 0 Å². The maximum absolute atomic E-state index is 6.15. The van der Waals surface area contributed by atoms with Gasteiger partial charge in [-0.25, -0.2) is 0 Å². The fraction of sp³-hybridized carbons (Fsp3) is 0.214. The Bertz CT molecular complexity index is 888. The molecule has 30 heavy (non-hydrogen) atoms. The first-order valence-corrected chi connectivity index (χ1v) is 10.2. The van der Waals surface area contributed by atoms with Crippen LogP contribution in [0.25, 0.3) is 10.8 Å². The molecule has 2 rings (SSSR count). The zero-order valence-corrected chi connectivity index (χ0v) is 17.9. The van der Waals surface area contributed by atoms with Gasteiger partial charge in [0.25, 0.3) is 0 Å². The van der Waals surface area contributed by atoms with Gasteiger partial charge in [-0.15, -0.1) is 26.3 Å². The van der Waals surface area contributed by atoms with E-state index in [1.807, 2.05) is 24.3 Å². The molecule has 2 aromatic rings. The van der Waals surface area contributed by atoms with Gasteiger partial charge in [-0.2, -0.15) is 0 Å². The average molecular weight is 401 g/mol.